The minimum absolute atomic E-state index is 0.0508. The molecule has 0 bridgehead atoms. The summed E-state index contributed by atoms with van der Waals surface area (Å²) in [5.74, 6) is -8.65. The van der Waals surface area contributed by atoms with Crippen molar-refractivity contribution in [3.8, 4) is 6.07 Å². The molecule has 16 heteroatoms. The van der Waals surface area contributed by atoms with Gasteiger partial charge in [-0.3, -0.25) is 9.59 Å². The van der Waals surface area contributed by atoms with Crippen LogP contribution in [0.1, 0.15) is 51.9 Å². The third-order valence-corrected chi connectivity index (χ3v) is 6.30. The fraction of sp³-hybridized carbons (Fsp3) is 0.320. The van der Waals surface area contributed by atoms with E-state index in [-0.39, 0.29) is 17.2 Å². The lowest BCUT2D eigenvalue weighted by Gasteiger charge is -2.19. The number of alkyl halides is 9. The van der Waals surface area contributed by atoms with Crippen LogP contribution in [0.3, 0.4) is 0 Å². The standard InChI is InChI=1S/C25H16Cl2F10N2O2/c1-11(22(41)39-10-23(29,30)31)4-20(40)15-3-2-12(6-17(15)25(35,36)37)19(28)8-16(24(32,33)34)13-5-14(9-38)21(27)18(26)7-13/h2-3,5-8,11,16H,4,10H2,1H3,(H,39,41)/b19-8-/t11-,16?/m0/s1. The van der Waals surface area contributed by atoms with Crippen molar-refractivity contribution in [2.24, 2.45) is 5.92 Å². The molecule has 1 N–H and O–H groups in total. The highest BCUT2D eigenvalue weighted by atomic mass is 35.5. The first-order valence-corrected chi connectivity index (χ1v) is 11.8. The molecule has 0 fully saturated rings. The van der Waals surface area contributed by atoms with Crippen LogP contribution in [0.2, 0.25) is 10.0 Å². The van der Waals surface area contributed by atoms with Gasteiger partial charge in [-0.05, 0) is 29.8 Å². The lowest BCUT2D eigenvalue weighted by molar-refractivity contribution is -0.140. The van der Waals surface area contributed by atoms with Crippen LogP contribution in [-0.4, -0.2) is 30.6 Å². The van der Waals surface area contributed by atoms with Crippen LogP contribution in [-0.2, 0) is 11.0 Å². The van der Waals surface area contributed by atoms with Crippen molar-refractivity contribution in [2.45, 2.75) is 37.8 Å². The fourth-order valence-electron chi connectivity index (χ4n) is 3.51. The number of nitrogens with one attached hydrogen (secondary N) is 1. The number of hydrogen-bond donors (Lipinski definition) is 1. The third kappa shape index (κ3) is 9.09. The van der Waals surface area contributed by atoms with E-state index in [0.717, 1.165) is 6.92 Å². The number of ketones is 1. The summed E-state index contributed by atoms with van der Waals surface area (Å²) in [4.78, 5) is 24.3. The Morgan fingerprint density at radius 1 is 1.02 bits per heavy atom. The largest absolute Gasteiger partial charge is 0.417 e. The predicted molar refractivity (Wildman–Crippen MR) is 128 cm³/mol. The maximum Gasteiger partial charge on any atom is 0.417 e. The summed E-state index contributed by atoms with van der Waals surface area (Å²) in [7, 11) is 0. The third-order valence-electron chi connectivity index (χ3n) is 5.50. The summed E-state index contributed by atoms with van der Waals surface area (Å²) in [5, 5.41) is 9.72. The molecule has 2 aromatic carbocycles. The fourth-order valence-corrected chi connectivity index (χ4v) is 3.89. The van der Waals surface area contributed by atoms with Gasteiger partial charge in [0.1, 0.15) is 24.4 Å². The molecule has 0 saturated carbocycles. The maximum atomic E-state index is 15.0. The molecule has 1 unspecified atom stereocenters. The molecule has 0 aliphatic heterocycles. The van der Waals surface area contributed by atoms with E-state index < -0.39 is 93.7 Å². The topological polar surface area (TPSA) is 70.0 Å². The molecule has 2 aromatic rings. The number of allylic oxidation sites excluding steroid dienone is 1. The second kappa shape index (κ2) is 12.7. The molecule has 222 valence electrons. The van der Waals surface area contributed by atoms with Gasteiger partial charge in [0.2, 0.25) is 5.91 Å². The van der Waals surface area contributed by atoms with Gasteiger partial charge in [-0.15, -0.1) is 0 Å². The van der Waals surface area contributed by atoms with Gasteiger partial charge in [0.25, 0.3) is 0 Å². The first kappa shape index (κ1) is 33.9. The molecular formula is C25H16Cl2F10N2O2. The van der Waals surface area contributed by atoms with Crippen LogP contribution in [0, 0.1) is 17.2 Å². The van der Waals surface area contributed by atoms with E-state index >= 15 is 4.39 Å². The summed E-state index contributed by atoms with van der Waals surface area (Å²) >= 11 is 11.5. The molecule has 0 saturated heterocycles. The first-order chi connectivity index (χ1) is 18.7. The van der Waals surface area contributed by atoms with Crippen LogP contribution in [0.5, 0.6) is 0 Å². The van der Waals surface area contributed by atoms with Crippen molar-refractivity contribution in [1.82, 2.24) is 5.32 Å². The van der Waals surface area contributed by atoms with E-state index in [9.17, 15) is 49.1 Å². The van der Waals surface area contributed by atoms with Crippen molar-refractivity contribution in [3.63, 3.8) is 0 Å². The molecular weight excluding hydrogens is 621 g/mol. The number of rotatable bonds is 8. The van der Waals surface area contributed by atoms with Gasteiger partial charge in [-0.2, -0.15) is 44.8 Å². The number of Topliss-reactive ketones (excluding diaryl/α,β-unsaturated/α-hetero) is 1. The van der Waals surface area contributed by atoms with E-state index in [2.05, 4.69) is 0 Å². The van der Waals surface area contributed by atoms with Gasteiger partial charge >= 0.3 is 18.5 Å². The van der Waals surface area contributed by atoms with Crippen molar-refractivity contribution in [1.29, 1.82) is 5.26 Å². The molecule has 0 aromatic heterocycles. The predicted octanol–water partition coefficient (Wildman–Crippen LogP) is 8.43. The Hall–Kier alpha value is -3.31. The SMILES string of the molecule is C[C@@H](CC(=O)c1ccc(/C(F)=C/C(c2cc(Cl)c(Cl)c(C#N)c2)C(F)(F)F)cc1C(F)(F)F)C(=O)NCC(F)(F)F. The highest BCUT2D eigenvalue weighted by molar-refractivity contribution is 6.42. The highest BCUT2D eigenvalue weighted by Gasteiger charge is 2.41. The number of nitrogens with zero attached hydrogens (tertiary/aromatic N) is 1. The number of halogens is 12. The van der Waals surface area contributed by atoms with Crippen molar-refractivity contribution in [3.05, 3.63) is 74.3 Å². The summed E-state index contributed by atoms with van der Waals surface area (Å²) in [6, 6.07) is 4.05. The smallest absolute Gasteiger partial charge is 0.347 e. The normalized spacial score (nSPS) is 14.3. The molecule has 4 nitrogen and oxygen atoms in total. The molecule has 2 atom stereocenters. The second-order valence-electron chi connectivity index (χ2n) is 8.63. The van der Waals surface area contributed by atoms with Crippen molar-refractivity contribution in [2.75, 3.05) is 6.54 Å². The zero-order valence-corrected chi connectivity index (χ0v) is 21.8. The minimum atomic E-state index is -5.32. The van der Waals surface area contributed by atoms with Gasteiger partial charge in [0, 0.05) is 23.5 Å². The first-order valence-electron chi connectivity index (χ1n) is 11.1. The maximum absolute atomic E-state index is 15.0. The molecule has 0 aliphatic carbocycles. The summed E-state index contributed by atoms with van der Waals surface area (Å²) in [6.45, 7) is -0.747. The van der Waals surface area contributed by atoms with E-state index in [0.29, 0.717) is 24.3 Å². The number of amides is 1. The Morgan fingerprint density at radius 2 is 1.63 bits per heavy atom. The van der Waals surface area contributed by atoms with Gasteiger partial charge < -0.3 is 5.32 Å². The number of nitriles is 1. The van der Waals surface area contributed by atoms with Crippen molar-refractivity contribution < 1.29 is 53.5 Å². The molecule has 41 heavy (non-hydrogen) atoms. The van der Waals surface area contributed by atoms with Crippen LogP contribution >= 0.6 is 23.2 Å². The van der Waals surface area contributed by atoms with E-state index in [1.54, 1.807) is 0 Å². The van der Waals surface area contributed by atoms with Crippen molar-refractivity contribution >= 4 is 40.7 Å². The van der Waals surface area contributed by atoms with Gasteiger partial charge in [0.05, 0.1) is 21.2 Å². The monoisotopic (exact) mass is 636 g/mol. The Labute approximate surface area is 235 Å². The zero-order valence-electron chi connectivity index (χ0n) is 20.3. The number of carbonyl (C=O) groups excluding carboxylic acids is 2. The number of carbonyl (C=O) groups is 2. The zero-order chi connectivity index (χ0) is 31.5. The lowest BCUT2D eigenvalue weighted by Crippen LogP contribution is -2.37. The Bertz CT molecular complexity index is 1390. The van der Waals surface area contributed by atoms with E-state index in [4.69, 9.17) is 28.5 Å². The average Bonchev–Trinajstić information content (AvgIpc) is 2.85. The summed E-state index contributed by atoms with van der Waals surface area (Å²) < 4.78 is 134. The Balaban J connectivity index is 2.48. The van der Waals surface area contributed by atoms with Gasteiger partial charge in [-0.25, -0.2) is 4.39 Å². The van der Waals surface area contributed by atoms with E-state index in [1.807, 2.05) is 0 Å². The minimum Gasteiger partial charge on any atom is -0.347 e. The van der Waals surface area contributed by atoms with Crippen LogP contribution in [0.25, 0.3) is 5.83 Å². The van der Waals surface area contributed by atoms with Crippen LogP contribution in [0.15, 0.2) is 36.4 Å². The number of benzene rings is 2. The Kier molecular flexibility index (Phi) is 10.5. The Morgan fingerprint density at radius 3 is 2.15 bits per heavy atom. The molecule has 1 amide bonds. The summed E-state index contributed by atoms with van der Waals surface area (Å²) in [6.07, 6.45) is -16.3. The molecule has 2 rings (SSSR count). The molecule has 0 heterocycles. The summed E-state index contributed by atoms with van der Waals surface area (Å²) in [5.41, 5.74) is -5.05. The number of hydrogen-bond acceptors (Lipinski definition) is 3. The molecule has 0 aliphatic rings. The van der Waals surface area contributed by atoms with E-state index in [1.165, 1.54) is 11.4 Å². The highest BCUT2D eigenvalue weighted by Crippen LogP contribution is 2.42. The van der Waals surface area contributed by atoms with Gasteiger partial charge in [-0.1, -0.05) is 42.3 Å². The van der Waals surface area contributed by atoms with Crippen LogP contribution in [0.4, 0.5) is 43.9 Å². The van der Waals surface area contributed by atoms with Crippen LogP contribution < -0.4 is 5.32 Å². The molecule has 0 radical (unpaired) electrons. The average molecular weight is 637 g/mol. The quantitative estimate of drug-likeness (QED) is 0.234. The molecule has 0 spiro atoms. The van der Waals surface area contributed by atoms with Gasteiger partial charge in [0.15, 0.2) is 5.78 Å². The second-order valence-corrected chi connectivity index (χ2v) is 9.41. The lowest BCUT2D eigenvalue weighted by atomic mass is 9.92.